The van der Waals surface area contributed by atoms with Crippen LogP contribution in [-0.4, -0.2) is 25.7 Å². The molecule has 3 nitrogen and oxygen atoms in total. The van der Waals surface area contributed by atoms with E-state index in [-0.39, 0.29) is 5.97 Å². The van der Waals surface area contributed by atoms with E-state index in [1.807, 2.05) is 0 Å². The summed E-state index contributed by atoms with van der Waals surface area (Å²) in [4.78, 5) is 11.6. The molecule has 1 aliphatic carbocycles. The zero-order valence-corrected chi connectivity index (χ0v) is 12.7. The van der Waals surface area contributed by atoms with Crippen molar-refractivity contribution >= 4 is 5.97 Å². The first kappa shape index (κ1) is 16.5. The standard InChI is InChI=1S/C16H31NO2/c1-14(2)10-11-17-12-13-19-16(18)9-8-15-6-4-3-5-7-15/h14-15,17H,3-13H2,1-2H3. The Bertz CT molecular complexity index is 235. The minimum Gasteiger partial charge on any atom is -0.464 e. The van der Waals surface area contributed by atoms with Gasteiger partial charge in [-0.2, -0.15) is 0 Å². The Morgan fingerprint density at radius 1 is 1.21 bits per heavy atom. The number of ether oxygens (including phenoxy) is 1. The van der Waals surface area contributed by atoms with Gasteiger partial charge in [0.05, 0.1) is 0 Å². The van der Waals surface area contributed by atoms with Gasteiger partial charge in [0.2, 0.25) is 0 Å². The minimum absolute atomic E-state index is 0.0174. The highest BCUT2D eigenvalue weighted by Gasteiger charge is 2.15. The molecule has 0 atom stereocenters. The Morgan fingerprint density at radius 3 is 2.63 bits per heavy atom. The first-order chi connectivity index (χ1) is 9.18. The summed E-state index contributed by atoms with van der Waals surface area (Å²) in [6.07, 6.45) is 9.50. The Kier molecular flexibility index (Phi) is 8.89. The second kappa shape index (κ2) is 10.2. The average molecular weight is 269 g/mol. The topological polar surface area (TPSA) is 38.3 Å². The van der Waals surface area contributed by atoms with Crippen molar-refractivity contribution in [3.63, 3.8) is 0 Å². The first-order valence-electron chi connectivity index (χ1n) is 8.05. The number of nitrogens with one attached hydrogen (secondary N) is 1. The fourth-order valence-corrected chi connectivity index (χ4v) is 2.62. The average Bonchev–Trinajstić information content (AvgIpc) is 2.41. The fourth-order valence-electron chi connectivity index (χ4n) is 2.62. The summed E-state index contributed by atoms with van der Waals surface area (Å²) < 4.78 is 5.24. The second-order valence-corrected chi connectivity index (χ2v) is 6.20. The van der Waals surface area contributed by atoms with Gasteiger partial charge in [-0.05, 0) is 31.2 Å². The van der Waals surface area contributed by atoms with Gasteiger partial charge in [0.25, 0.3) is 0 Å². The van der Waals surface area contributed by atoms with Crippen molar-refractivity contribution < 1.29 is 9.53 Å². The number of esters is 1. The van der Waals surface area contributed by atoms with Gasteiger partial charge < -0.3 is 10.1 Å². The molecule has 19 heavy (non-hydrogen) atoms. The van der Waals surface area contributed by atoms with Crippen LogP contribution in [0.3, 0.4) is 0 Å². The van der Waals surface area contributed by atoms with Crippen molar-refractivity contribution in [2.75, 3.05) is 19.7 Å². The van der Waals surface area contributed by atoms with Crippen LogP contribution < -0.4 is 5.32 Å². The van der Waals surface area contributed by atoms with Crippen molar-refractivity contribution in [1.82, 2.24) is 5.32 Å². The first-order valence-corrected chi connectivity index (χ1v) is 8.05. The third kappa shape index (κ3) is 9.04. The molecule has 112 valence electrons. The molecule has 0 bridgehead atoms. The molecular formula is C16H31NO2. The maximum Gasteiger partial charge on any atom is 0.305 e. The van der Waals surface area contributed by atoms with Crippen molar-refractivity contribution in [2.24, 2.45) is 11.8 Å². The summed E-state index contributed by atoms with van der Waals surface area (Å²) in [5, 5.41) is 3.30. The number of rotatable bonds is 9. The van der Waals surface area contributed by atoms with E-state index in [0.29, 0.717) is 13.0 Å². The Balaban J connectivity index is 1.90. The highest BCUT2D eigenvalue weighted by molar-refractivity contribution is 5.69. The lowest BCUT2D eigenvalue weighted by Crippen LogP contribution is -2.23. The smallest absolute Gasteiger partial charge is 0.305 e. The zero-order chi connectivity index (χ0) is 13.9. The molecule has 1 N–H and O–H groups in total. The third-order valence-corrected chi connectivity index (χ3v) is 3.92. The van der Waals surface area contributed by atoms with Gasteiger partial charge >= 0.3 is 5.97 Å². The molecule has 0 unspecified atom stereocenters. The third-order valence-electron chi connectivity index (χ3n) is 3.92. The number of carbonyl (C=O) groups excluding carboxylic acids is 1. The Labute approximate surface area is 118 Å². The van der Waals surface area contributed by atoms with Gasteiger partial charge in [-0.1, -0.05) is 46.0 Å². The molecule has 0 aromatic heterocycles. The fraction of sp³-hybridized carbons (Fsp3) is 0.938. The minimum atomic E-state index is -0.0174. The molecule has 0 spiro atoms. The molecule has 3 heteroatoms. The predicted molar refractivity (Wildman–Crippen MR) is 79.1 cm³/mol. The summed E-state index contributed by atoms with van der Waals surface area (Å²) in [6, 6.07) is 0. The van der Waals surface area contributed by atoms with Crippen LogP contribution in [0.1, 0.15) is 65.2 Å². The van der Waals surface area contributed by atoms with E-state index >= 15 is 0 Å². The van der Waals surface area contributed by atoms with Crippen LogP contribution in [0.5, 0.6) is 0 Å². The van der Waals surface area contributed by atoms with Crippen LogP contribution in [-0.2, 0) is 9.53 Å². The lowest BCUT2D eigenvalue weighted by molar-refractivity contribution is -0.143. The van der Waals surface area contributed by atoms with Crippen LogP contribution in [0.25, 0.3) is 0 Å². The van der Waals surface area contributed by atoms with Crippen LogP contribution in [0.2, 0.25) is 0 Å². The highest BCUT2D eigenvalue weighted by Crippen LogP contribution is 2.27. The number of hydrogen-bond acceptors (Lipinski definition) is 3. The largest absolute Gasteiger partial charge is 0.464 e. The number of carbonyl (C=O) groups is 1. The molecule has 1 rings (SSSR count). The molecule has 0 aliphatic heterocycles. The van der Waals surface area contributed by atoms with Gasteiger partial charge in [-0.3, -0.25) is 4.79 Å². The SMILES string of the molecule is CC(C)CCNCCOC(=O)CCC1CCCCC1. The zero-order valence-electron chi connectivity index (χ0n) is 12.7. The van der Waals surface area contributed by atoms with Gasteiger partial charge in [0, 0.05) is 13.0 Å². The molecule has 0 heterocycles. The summed E-state index contributed by atoms with van der Waals surface area (Å²) in [5.41, 5.74) is 0. The molecule has 1 saturated carbocycles. The van der Waals surface area contributed by atoms with Crippen LogP contribution >= 0.6 is 0 Å². The van der Waals surface area contributed by atoms with Crippen molar-refractivity contribution in [1.29, 1.82) is 0 Å². The van der Waals surface area contributed by atoms with Crippen molar-refractivity contribution in [3.8, 4) is 0 Å². The maximum absolute atomic E-state index is 11.6. The lowest BCUT2D eigenvalue weighted by Gasteiger charge is -2.20. The predicted octanol–water partition coefficient (Wildman–Crippen LogP) is 3.53. The van der Waals surface area contributed by atoms with Gasteiger partial charge in [0.15, 0.2) is 0 Å². The van der Waals surface area contributed by atoms with Crippen molar-refractivity contribution in [3.05, 3.63) is 0 Å². The van der Waals surface area contributed by atoms with Crippen molar-refractivity contribution in [2.45, 2.75) is 65.2 Å². The van der Waals surface area contributed by atoms with Gasteiger partial charge in [0.1, 0.15) is 6.61 Å². The second-order valence-electron chi connectivity index (χ2n) is 6.20. The van der Waals surface area contributed by atoms with Crippen LogP contribution in [0.15, 0.2) is 0 Å². The highest BCUT2D eigenvalue weighted by atomic mass is 16.5. The van der Waals surface area contributed by atoms with E-state index in [2.05, 4.69) is 19.2 Å². The van der Waals surface area contributed by atoms with Crippen LogP contribution in [0, 0.1) is 11.8 Å². The molecule has 0 aromatic carbocycles. The van der Waals surface area contributed by atoms with E-state index in [9.17, 15) is 4.79 Å². The maximum atomic E-state index is 11.6. The van der Waals surface area contributed by atoms with E-state index < -0.39 is 0 Å². The molecule has 0 aromatic rings. The van der Waals surface area contributed by atoms with Gasteiger partial charge in [-0.15, -0.1) is 0 Å². The monoisotopic (exact) mass is 269 g/mol. The normalized spacial score (nSPS) is 16.8. The lowest BCUT2D eigenvalue weighted by atomic mass is 9.86. The summed E-state index contributed by atoms with van der Waals surface area (Å²) in [6.45, 7) is 6.74. The quantitative estimate of drug-likeness (QED) is 0.514. The summed E-state index contributed by atoms with van der Waals surface area (Å²) in [7, 11) is 0. The Hall–Kier alpha value is -0.570. The van der Waals surface area contributed by atoms with E-state index in [4.69, 9.17) is 4.74 Å². The number of hydrogen-bond donors (Lipinski definition) is 1. The van der Waals surface area contributed by atoms with Gasteiger partial charge in [-0.25, -0.2) is 0 Å². The van der Waals surface area contributed by atoms with E-state index in [1.54, 1.807) is 0 Å². The molecule has 0 saturated heterocycles. The molecule has 0 radical (unpaired) electrons. The molecule has 1 aliphatic rings. The van der Waals surface area contributed by atoms with E-state index in [0.717, 1.165) is 31.3 Å². The van der Waals surface area contributed by atoms with Crippen LogP contribution in [0.4, 0.5) is 0 Å². The summed E-state index contributed by atoms with van der Waals surface area (Å²) in [5.74, 6) is 1.48. The van der Waals surface area contributed by atoms with E-state index in [1.165, 1.54) is 38.5 Å². The molecule has 1 fully saturated rings. The molecular weight excluding hydrogens is 238 g/mol. The molecule has 0 amide bonds. The summed E-state index contributed by atoms with van der Waals surface area (Å²) >= 11 is 0. The Morgan fingerprint density at radius 2 is 1.95 bits per heavy atom.